The highest BCUT2D eigenvalue weighted by Gasteiger charge is 2.10. The third-order valence-corrected chi connectivity index (χ3v) is 3.48. The number of hydrogen-bond donors (Lipinski definition) is 1. The lowest BCUT2D eigenvalue weighted by Crippen LogP contribution is -2.09. The molecule has 0 saturated heterocycles. The summed E-state index contributed by atoms with van der Waals surface area (Å²) < 4.78 is 4.64. The summed E-state index contributed by atoms with van der Waals surface area (Å²) in [6.07, 6.45) is 3.11. The van der Waals surface area contributed by atoms with Crippen molar-refractivity contribution < 1.29 is 14.3 Å². The van der Waals surface area contributed by atoms with Gasteiger partial charge >= 0.3 is 5.97 Å². The molecular weight excluding hydrogens is 314 g/mol. The van der Waals surface area contributed by atoms with Crippen LogP contribution in [0.1, 0.15) is 21.5 Å². The lowest BCUT2D eigenvalue weighted by molar-refractivity contribution is -0.111. The van der Waals surface area contributed by atoms with Crippen molar-refractivity contribution in [1.29, 1.82) is 0 Å². The van der Waals surface area contributed by atoms with E-state index in [4.69, 9.17) is 11.6 Å². The fraction of sp³-hybridized carbons (Fsp3) is 0.111. The van der Waals surface area contributed by atoms with Crippen LogP contribution in [0.3, 0.4) is 0 Å². The first-order chi connectivity index (χ1) is 11.0. The van der Waals surface area contributed by atoms with E-state index in [-0.39, 0.29) is 5.91 Å². The molecule has 0 radical (unpaired) electrons. The second-order valence-electron chi connectivity index (χ2n) is 4.92. The number of carbonyl (C=O) groups is 2. The topological polar surface area (TPSA) is 55.4 Å². The molecular formula is C18H16ClNO3. The predicted octanol–water partition coefficient (Wildman–Crippen LogP) is 4.09. The molecule has 2 rings (SSSR count). The van der Waals surface area contributed by atoms with Crippen LogP contribution in [-0.4, -0.2) is 19.0 Å². The van der Waals surface area contributed by atoms with Crippen molar-refractivity contribution in [3.8, 4) is 0 Å². The van der Waals surface area contributed by atoms with Gasteiger partial charge in [0, 0.05) is 6.08 Å². The van der Waals surface area contributed by atoms with Crippen LogP contribution in [0.25, 0.3) is 6.08 Å². The van der Waals surface area contributed by atoms with Crippen molar-refractivity contribution >= 4 is 35.2 Å². The Morgan fingerprint density at radius 3 is 2.48 bits per heavy atom. The van der Waals surface area contributed by atoms with Gasteiger partial charge in [0.25, 0.3) is 0 Å². The van der Waals surface area contributed by atoms with Crippen molar-refractivity contribution in [2.24, 2.45) is 0 Å². The quantitative estimate of drug-likeness (QED) is 0.679. The molecule has 23 heavy (non-hydrogen) atoms. The molecule has 4 nitrogen and oxygen atoms in total. The van der Waals surface area contributed by atoms with Gasteiger partial charge < -0.3 is 10.1 Å². The summed E-state index contributed by atoms with van der Waals surface area (Å²) in [5, 5.41) is 2.99. The van der Waals surface area contributed by atoms with Gasteiger partial charge in [-0.05, 0) is 36.8 Å². The van der Waals surface area contributed by atoms with Crippen LogP contribution in [0, 0.1) is 6.92 Å². The van der Waals surface area contributed by atoms with Crippen LogP contribution >= 0.6 is 11.6 Å². The van der Waals surface area contributed by atoms with E-state index in [1.807, 2.05) is 31.2 Å². The molecule has 1 amide bonds. The maximum Gasteiger partial charge on any atom is 0.337 e. The van der Waals surface area contributed by atoms with Crippen molar-refractivity contribution in [3.63, 3.8) is 0 Å². The Labute approximate surface area is 139 Å². The Hall–Kier alpha value is -2.59. The minimum absolute atomic E-state index is 0.315. The number of aryl methyl sites for hydroxylation is 1. The summed E-state index contributed by atoms with van der Waals surface area (Å²) in [4.78, 5) is 23.5. The Kier molecular flexibility index (Phi) is 5.55. The van der Waals surface area contributed by atoms with E-state index in [1.165, 1.54) is 31.4 Å². The van der Waals surface area contributed by atoms with Gasteiger partial charge in [0.1, 0.15) is 0 Å². The van der Waals surface area contributed by atoms with E-state index >= 15 is 0 Å². The fourth-order valence-corrected chi connectivity index (χ4v) is 2.05. The number of methoxy groups -OCH3 is 1. The van der Waals surface area contributed by atoms with Gasteiger partial charge in [-0.1, -0.05) is 41.4 Å². The molecule has 2 aromatic carbocycles. The molecule has 2 aromatic rings. The number of anilines is 1. The second-order valence-corrected chi connectivity index (χ2v) is 5.33. The van der Waals surface area contributed by atoms with Gasteiger partial charge in [-0.2, -0.15) is 0 Å². The molecule has 0 heterocycles. The molecule has 1 N–H and O–H groups in total. The number of esters is 1. The highest BCUT2D eigenvalue weighted by atomic mass is 35.5. The van der Waals surface area contributed by atoms with Gasteiger partial charge in [0.15, 0.2) is 0 Å². The van der Waals surface area contributed by atoms with E-state index in [1.54, 1.807) is 6.08 Å². The molecule has 5 heteroatoms. The number of halogens is 1. The molecule has 0 aliphatic rings. The largest absolute Gasteiger partial charge is 0.465 e. The first-order valence-corrected chi connectivity index (χ1v) is 7.31. The van der Waals surface area contributed by atoms with E-state index in [2.05, 4.69) is 10.1 Å². The minimum Gasteiger partial charge on any atom is -0.465 e. The number of hydrogen-bond acceptors (Lipinski definition) is 3. The summed E-state index contributed by atoms with van der Waals surface area (Å²) in [7, 11) is 1.29. The number of benzene rings is 2. The average Bonchev–Trinajstić information content (AvgIpc) is 2.55. The Morgan fingerprint density at radius 2 is 1.83 bits per heavy atom. The monoisotopic (exact) mass is 329 g/mol. The summed E-state index contributed by atoms with van der Waals surface area (Å²) in [6, 6.07) is 12.3. The van der Waals surface area contributed by atoms with Crippen molar-refractivity contribution in [1.82, 2.24) is 0 Å². The van der Waals surface area contributed by atoms with Gasteiger partial charge in [-0.3, -0.25) is 4.79 Å². The number of rotatable bonds is 4. The standard InChI is InChI=1S/C18H16ClNO3/c1-12-3-5-13(6-4-12)7-10-17(21)20-16-11-14(18(22)23-2)8-9-15(16)19/h3-11H,1-2H3,(H,20,21)/b10-7+. The van der Waals surface area contributed by atoms with Gasteiger partial charge in [-0.25, -0.2) is 4.79 Å². The van der Waals surface area contributed by atoms with Crippen LogP contribution in [0.2, 0.25) is 5.02 Å². The predicted molar refractivity (Wildman–Crippen MR) is 91.6 cm³/mol. The molecule has 0 fully saturated rings. The SMILES string of the molecule is COC(=O)c1ccc(Cl)c(NC(=O)/C=C/c2ccc(C)cc2)c1. The van der Waals surface area contributed by atoms with Crippen LogP contribution in [0.5, 0.6) is 0 Å². The van der Waals surface area contributed by atoms with E-state index in [9.17, 15) is 9.59 Å². The maximum absolute atomic E-state index is 12.0. The molecule has 0 saturated carbocycles. The lowest BCUT2D eigenvalue weighted by atomic mass is 10.1. The smallest absolute Gasteiger partial charge is 0.337 e. The summed E-state index contributed by atoms with van der Waals surface area (Å²) in [5.41, 5.74) is 2.74. The van der Waals surface area contributed by atoms with Gasteiger partial charge in [0.2, 0.25) is 5.91 Å². The second kappa shape index (κ2) is 7.61. The van der Waals surface area contributed by atoms with Crippen molar-refractivity contribution in [3.05, 3.63) is 70.3 Å². The first kappa shape index (κ1) is 16.8. The maximum atomic E-state index is 12.0. The minimum atomic E-state index is -0.493. The van der Waals surface area contributed by atoms with Crippen LogP contribution in [0.4, 0.5) is 5.69 Å². The Morgan fingerprint density at radius 1 is 1.13 bits per heavy atom. The third kappa shape index (κ3) is 4.69. The number of ether oxygens (including phenoxy) is 1. The highest BCUT2D eigenvalue weighted by Crippen LogP contribution is 2.23. The summed E-state index contributed by atoms with van der Waals surface area (Å²) in [5.74, 6) is -0.832. The molecule has 0 bridgehead atoms. The number of amides is 1. The summed E-state index contributed by atoms with van der Waals surface area (Å²) >= 11 is 6.03. The highest BCUT2D eigenvalue weighted by molar-refractivity contribution is 6.34. The van der Waals surface area contributed by atoms with Crippen LogP contribution in [0.15, 0.2) is 48.5 Å². The van der Waals surface area contributed by atoms with E-state index < -0.39 is 5.97 Å². The Bertz CT molecular complexity index is 751. The van der Waals surface area contributed by atoms with Crippen LogP contribution < -0.4 is 5.32 Å². The zero-order chi connectivity index (χ0) is 16.8. The lowest BCUT2D eigenvalue weighted by Gasteiger charge is -2.07. The van der Waals surface area contributed by atoms with Crippen LogP contribution in [-0.2, 0) is 9.53 Å². The zero-order valence-corrected chi connectivity index (χ0v) is 13.6. The fourth-order valence-electron chi connectivity index (χ4n) is 1.89. The van der Waals surface area contributed by atoms with Gasteiger partial charge in [0.05, 0.1) is 23.4 Å². The molecule has 0 aliphatic heterocycles. The third-order valence-electron chi connectivity index (χ3n) is 3.15. The van der Waals surface area contributed by atoms with E-state index in [0.29, 0.717) is 16.3 Å². The average molecular weight is 330 g/mol. The summed E-state index contributed by atoms with van der Waals surface area (Å²) in [6.45, 7) is 2.00. The molecule has 118 valence electrons. The molecule has 0 atom stereocenters. The molecule has 0 unspecified atom stereocenters. The van der Waals surface area contributed by atoms with Crippen molar-refractivity contribution in [2.45, 2.75) is 6.92 Å². The zero-order valence-electron chi connectivity index (χ0n) is 12.8. The molecule has 0 aromatic heterocycles. The number of carbonyl (C=O) groups excluding carboxylic acids is 2. The van der Waals surface area contributed by atoms with Gasteiger partial charge in [-0.15, -0.1) is 0 Å². The Balaban J connectivity index is 2.10. The molecule has 0 aliphatic carbocycles. The van der Waals surface area contributed by atoms with E-state index in [0.717, 1.165) is 11.1 Å². The normalized spacial score (nSPS) is 10.6. The first-order valence-electron chi connectivity index (χ1n) is 6.93. The van der Waals surface area contributed by atoms with Crippen molar-refractivity contribution in [2.75, 3.05) is 12.4 Å². The molecule has 0 spiro atoms. The number of nitrogens with one attached hydrogen (secondary N) is 1.